The summed E-state index contributed by atoms with van der Waals surface area (Å²) in [4.78, 5) is 25.3. The number of halogens is 4. The van der Waals surface area contributed by atoms with E-state index in [0.717, 1.165) is 58.7 Å². The number of carbonyl (C=O) groups excluding carboxylic acids is 2. The molecule has 7 nitrogen and oxygen atoms in total. The standard InChI is InChI=1S/C29H34FN2O3S.C2HF3O2/c1-21-12-15-36-28(21)18-31(17-24-8-9-25(30)16-22(24)2)29(33)35-27-19-32(13-10-23(27)11-14-32)20-34-26-6-4-3-5-7-26;3-2(4,5)1(6)7/h3-9,12,15-16,23,27H,10-11,13-14,17-20H2,1-2H3;(H,6,7)/q+1;/p-1/t23?,27-,32?;/m0./s1. The minimum Gasteiger partial charge on any atom is -0.542 e. The van der Waals surface area contributed by atoms with E-state index in [1.54, 1.807) is 22.3 Å². The summed E-state index contributed by atoms with van der Waals surface area (Å²) in [6, 6.07) is 16.7. The first-order valence-corrected chi connectivity index (χ1v) is 14.8. The van der Waals surface area contributed by atoms with Gasteiger partial charge in [0.1, 0.15) is 24.1 Å². The van der Waals surface area contributed by atoms with Crippen molar-refractivity contribution in [1.29, 1.82) is 0 Å². The lowest BCUT2D eigenvalue weighted by molar-refractivity contribution is -0.959. The summed E-state index contributed by atoms with van der Waals surface area (Å²) in [5, 5.41) is 10.8. The molecular weight excluding hydrogens is 588 g/mol. The maximum atomic E-state index is 13.7. The van der Waals surface area contributed by atoms with Gasteiger partial charge in [-0.05, 0) is 66.2 Å². The number of amides is 1. The zero-order valence-electron chi connectivity index (χ0n) is 23.9. The number of hydrogen-bond donors (Lipinski definition) is 0. The molecular formula is C31H34F4N2O5S. The number of carbonyl (C=O) groups is 2. The summed E-state index contributed by atoms with van der Waals surface area (Å²) in [6.45, 7) is 8.29. The van der Waals surface area contributed by atoms with E-state index in [0.29, 0.717) is 25.7 Å². The van der Waals surface area contributed by atoms with Gasteiger partial charge in [0, 0.05) is 30.2 Å². The van der Waals surface area contributed by atoms with Gasteiger partial charge in [0.05, 0.1) is 19.6 Å². The molecule has 3 saturated heterocycles. The van der Waals surface area contributed by atoms with Crippen LogP contribution in [-0.2, 0) is 22.6 Å². The van der Waals surface area contributed by atoms with Crippen LogP contribution in [-0.4, -0.2) is 60.1 Å². The van der Waals surface area contributed by atoms with Gasteiger partial charge in [-0.25, -0.2) is 9.18 Å². The van der Waals surface area contributed by atoms with Crippen LogP contribution in [0.2, 0.25) is 0 Å². The van der Waals surface area contributed by atoms with E-state index in [2.05, 4.69) is 13.0 Å². The van der Waals surface area contributed by atoms with E-state index in [-0.39, 0.29) is 18.0 Å². The zero-order chi connectivity index (χ0) is 31.2. The Balaban J connectivity index is 0.000000541. The van der Waals surface area contributed by atoms with Crippen LogP contribution in [0.15, 0.2) is 60.0 Å². The molecule has 3 aliphatic heterocycles. The number of ether oxygens (including phenoxy) is 2. The number of hydrogen-bond acceptors (Lipinski definition) is 6. The first-order valence-electron chi connectivity index (χ1n) is 13.9. The number of thiophene rings is 1. The second-order valence-corrected chi connectivity index (χ2v) is 12.1. The van der Waals surface area contributed by atoms with Crippen LogP contribution >= 0.6 is 11.3 Å². The molecule has 1 amide bonds. The second kappa shape index (κ2) is 13.8. The Hall–Kier alpha value is -3.64. The van der Waals surface area contributed by atoms with Crippen molar-refractivity contribution in [2.75, 3.05) is 26.4 Å². The van der Waals surface area contributed by atoms with Crippen molar-refractivity contribution in [2.24, 2.45) is 5.92 Å². The predicted octanol–water partition coefficient (Wildman–Crippen LogP) is 5.59. The van der Waals surface area contributed by atoms with Gasteiger partial charge < -0.3 is 19.4 Å². The van der Waals surface area contributed by atoms with Gasteiger partial charge in [0.25, 0.3) is 0 Å². The topological polar surface area (TPSA) is 78.9 Å². The minimum atomic E-state index is -5.19. The number of carboxylic acids is 1. The molecule has 1 aromatic heterocycles. The SMILES string of the molecule is Cc1cc(F)ccc1CN(Cc1sccc1C)C(=O)O[C@H]1C[N+]2(COc3ccccc3)CCC1CC2.O=C([O-])C(F)(F)F. The Morgan fingerprint density at radius 3 is 2.28 bits per heavy atom. The van der Waals surface area contributed by atoms with Gasteiger partial charge in [0.2, 0.25) is 6.73 Å². The fourth-order valence-corrected chi connectivity index (χ4v) is 6.36. The fraction of sp³-hybridized carbons (Fsp3) is 0.419. The molecule has 0 N–H and O–H groups in total. The molecule has 0 spiro atoms. The lowest BCUT2D eigenvalue weighted by Gasteiger charge is -2.51. The Kier molecular flexibility index (Phi) is 10.3. The van der Waals surface area contributed by atoms with Crippen LogP contribution in [0.4, 0.5) is 22.4 Å². The van der Waals surface area contributed by atoms with E-state index < -0.39 is 12.1 Å². The Labute approximate surface area is 251 Å². The van der Waals surface area contributed by atoms with Crippen molar-refractivity contribution in [3.8, 4) is 5.75 Å². The van der Waals surface area contributed by atoms with Crippen LogP contribution in [0.5, 0.6) is 5.75 Å². The van der Waals surface area contributed by atoms with Crippen LogP contribution in [0.3, 0.4) is 0 Å². The van der Waals surface area contributed by atoms with Gasteiger partial charge in [-0.1, -0.05) is 24.3 Å². The van der Waals surface area contributed by atoms with Gasteiger partial charge in [-0.15, -0.1) is 11.3 Å². The highest BCUT2D eigenvalue weighted by atomic mass is 32.1. The Morgan fingerprint density at radius 2 is 1.70 bits per heavy atom. The molecule has 232 valence electrons. The summed E-state index contributed by atoms with van der Waals surface area (Å²) in [5.74, 6) is -2.01. The molecule has 3 fully saturated rings. The summed E-state index contributed by atoms with van der Waals surface area (Å²) in [7, 11) is 0. The molecule has 3 aliphatic rings. The first-order chi connectivity index (χ1) is 20.3. The molecule has 6 rings (SSSR count). The van der Waals surface area contributed by atoms with E-state index in [9.17, 15) is 22.4 Å². The highest BCUT2D eigenvalue weighted by molar-refractivity contribution is 7.10. The summed E-state index contributed by atoms with van der Waals surface area (Å²) in [5.41, 5.74) is 2.93. The van der Waals surface area contributed by atoms with Gasteiger partial charge in [-0.3, -0.25) is 9.38 Å². The monoisotopic (exact) mass is 622 g/mol. The average molecular weight is 623 g/mol. The van der Waals surface area contributed by atoms with Crippen LogP contribution in [0.25, 0.3) is 0 Å². The van der Waals surface area contributed by atoms with Gasteiger partial charge in [-0.2, -0.15) is 13.2 Å². The zero-order valence-corrected chi connectivity index (χ0v) is 24.8. The van der Waals surface area contributed by atoms with Crippen molar-refractivity contribution in [1.82, 2.24) is 4.90 Å². The van der Waals surface area contributed by atoms with Gasteiger partial charge >= 0.3 is 12.3 Å². The smallest absolute Gasteiger partial charge is 0.430 e. The molecule has 4 heterocycles. The molecule has 43 heavy (non-hydrogen) atoms. The fourth-order valence-electron chi connectivity index (χ4n) is 5.43. The number of quaternary nitrogens is 1. The molecule has 0 radical (unpaired) electrons. The van der Waals surface area contributed by atoms with Crippen LogP contribution in [0.1, 0.15) is 34.4 Å². The normalized spacial score (nSPS) is 21.0. The number of para-hydroxylation sites is 1. The van der Waals surface area contributed by atoms with Gasteiger partial charge in [0.15, 0.2) is 6.10 Å². The number of benzene rings is 2. The molecule has 12 heteroatoms. The third-order valence-electron chi connectivity index (χ3n) is 8.00. The van der Waals surface area contributed by atoms with E-state index in [4.69, 9.17) is 19.4 Å². The molecule has 0 saturated carbocycles. The number of aliphatic carboxylic acids is 1. The number of fused-ring (bicyclic) bond motifs is 3. The lowest BCUT2D eigenvalue weighted by atomic mass is 9.84. The van der Waals surface area contributed by atoms with Crippen LogP contribution in [0, 0.1) is 25.6 Å². The number of piperidine rings is 3. The summed E-state index contributed by atoms with van der Waals surface area (Å²) < 4.78 is 58.4. The molecule has 2 aromatic carbocycles. The number of alkyl halides is 3. The maximum absolute atomic E-state index is 13.7. The van der Waals surface area contributed by atoms with Crippen LogP contribution < -0.4 is 9.84 Å². The van der Waals surface area contributed by atoms with E-state index in [1.807, 2.05) is 42.6 Å². The average Bonchev–Trinajstić information content (AvgIpc) is 3.38. The van der Waals surface area contributed by atoms with Crippen molar-refractivity contribution in [2.45, 2.75) is 52.1 Å². The number of rotatable bonds is 8. The molecule has 3 aromatic rings. The molecule has 0 aliphatic carbocycles. The Bertz CT molecular complexity index is 1390. The number of carboxylic acid groups (broad SMARTS) is 1. The van der Waals surface area contributed by atoms with E-state index >= 15 is 0 Å². The van der Waals surface area contributed by atoms with Crippen molar-refractivity contribution in [3.63, 3.8) is 0 Å². The second-order valence-electron chi connectivity index (χ2n) is 11.1. The predicted molar refractivity (Wildman–Crippen MR) is 150 cm³/mol. The maximum Gasteiger partial charge on any atom is 0.430 e. The first kappa shape index (κ1) is 32.3. The lowest BCUT2D eigenvalue weighted by Crippen LogP contribution is -2.65. The van der Waals surface area contributed by atoms with E-state index in [1.165, 1.54) is 17.7 Å². The van der Waals surface area contributed by atoms with Crippen molar-refractivity contribution >= 4 is 23.4 Å². The Morgan fingerprint density at radius 1 is 1.02 bits per heavy atom. The highest BCUT2D eigenvalue weighted by Gasteiger charge is 2.48. The highest BCUT2D eigenvalue weighted by Crippen LogP contribution is 2.36. The van der Waals surface area contributed by atoms with Crippen molar-refractivity contribution < 1.29 is 46.2 Å². The summed E-state index contributed by atoms with van der Waals surface area (Å²) >= 11 is 1.65. The van der Waals surface area contributed by atoms with Crippen molar-refractivity contribution in [3.05, 3.63) is 87.4 Å². The third-order valence-corrected chi connectivity index (χ3v) is 9.01. The molecule has 2 bridgehead atoms. The largest absolute Gasteiger partial charge is 0.542 e. The number of nitrogens with zero attached hydrogens (tertiary/aromatic N) is 2. The quantitative estimate of drug-likeness (QED) is 0.242. The minimum absolute atomic E-state index is 0.124. The number of aryl methyl sites for hydroxylation is 2. The molecule has 0 unspecified atom stereocenters. The summed E-state index contributed by atoms with van der Waals surface area (Å²) in [6.07, 6.45) is -3.54. The molecule has 1 atom stereocenters. The third kappa shape index (κ3) is 8.70.